The molecule has 0 aliphatic rings. The zero-order chi connectivity index (χ0) is 18.0. The molecule has 0 aromatic heterocycles. The second kappa shape index (κ2) is 10.8. The van der Waals surface area contributed by atoms with E-state index in [0.29, 0.717) is 0 Å². The van der Waals surface area contributed by atoms with Crippen molar-refractivity contribution in [1.82, 2.24) is 16.0 Å². The van der Waals surface area contributed by atoms with Crippen LogP contribution in [0.25, 0.3) is 0 Å². The quantitative estimate of drug-likeness (QED) is 0.180. The Labute approximate surface area is 137 Å². The lowest BCUT2D eigenvalue weighted by atomic mass is 10.2. The monoisotopic (exact) mass is 352 g/mol. The highest BCUT2D eigenvalue weighted by Gasteiger charge is 2.25. The van der Waals surface area contributed by atoms with Crippen molar-refractivity contribution in [2.75, 3.05) is 25.5 Å². The standard InChI is InChI=1S/C11H20N4O7S/c12-5(4-23)9(19)13-1-8(18)14-6(2-16)10(20)15-7(3-17)11(21)22/h5-7,16-17,23H,1-4,12H2,(H,13,19)(H,14,18)(H,15,20)(H,21,22). The summed E-state index contributed by atoms with van der Waals surface area (Å²) in [5.41, 5.74) is 5.37. The number of rotatable bonds is 10. The third-order valence-electron chi connectivity index (χ3n) is 2.59. The van der Waals surface area contributed by atoms with E-state index in [1.807, 2.05) is 5.32 Å². The molecular formula is C11H20N4O7S. The smallest absolute Gasteiger partial charge is 0.328 e. The maximum absolute atomic E-state index is 11.7. The van der Waals surface area contributed by atoms with Crippen molar-refractivity contribution in [2.24, 2.45) is 5.73 Å². The Morgan fingerprint density at radius 2 is 1.57 bits per heavy atom. The molecule has 12 heteroatoms. The van der Waals surface area contributed by atoms with Crippen molar-refractivity contribution in [2.45, 2.75) is 18.1 Å². The molecule has 0 radical (unpaired) electrons. The van der Waals surface area contributed by atoms with Gasteiger partial charge in [0.2, 0.25) is 17.7 Å². The second-order valence-electron chi connectivity index (χ2n) is 4.39. The van der Waals surface area contributed by atoms with E-state index in [-0.39, 0.29) is 5.75 Å². The number of aliphatic hydroxyl groups excluding tert-OH is 2. The van der Waals surface area contributed by atoms with Crippen molar-refractivity contribution < 1.29 is 34.5 Å². The Morgan fingerprint density at radius 1 is 1.00 bits per heavy atom. The SMILES string of the molecule is NC(CS)C(=O)NCC(=O)NC(CO)C(=O)NC(CO)C(=O)O. The molecule has 23 heavy (non-hydrogen) atoms. The molecule has 0 heterocycles. The van der Waals surface area contributed by atoms with Gasteiger partial charge in [-0.1, -0.05) is 0 Å². The minimum atomic E-state index is -1.57. The fraction of sp³-hybridized carbons (Fsp3) is 0.636. The van der Waals surface area contributed by atoms with E-state index >= 15 is 0 Å². The molecule has 0 aromatic carbocycles. The molecule has 0 aliphatic carbocycles. The summed E-state index contributed by atoms with van der Waals surface area (Å²) in [5.74, 6) is -3.81. The van der Waals surface area contributed by atoms with Gasteiger partial charge in [-0.3, -0.25) is 14.4 Å². The van der Waals surface area contributed by atoms with Crippen molar-refractivity contribution in [3.05, 3.63) is 0 Å². The van der Waals surface area contributed by atoms with Crippen LogP contribution < -0.4 is 21.7 Å². The van der Waals surface area contributed by atoms with Gasteiger partial charge in [0.25, 0.3) is 0 Å². The summed E-state index contributed by atoms with van der Waals surface area (Å²) in [6.45, 7) is -2.16. The maximum Gasteiger partial charge on any atom is 0.328 e. The molecule has 3 unspecified atom stereocenters. The van der Waals surface area contributed by atoms with E-state index in [9.17, 15) is 19.2 Å². The lowest BCUT2D eigenvalue weighted by Gasteiger charge is -2.19. The number of carboxylic acid groups (broad SMARTS) is 1. The summed E-state index contributed by atoms with van der Waals surface area (Å²) in [6, 6.07) is -3.91. The van der Waals surface area contributed by atoms with Gasteiger partial charge < -0.3 is 37.0 Å². The number of aliphatic hydroxyl groups is 2. The molecule has 0 aliphatic heterocycles. The Balaban J connectivity index is 4.46. The molecule has 11 nitrogen and oxygen atoms in total. The number of amides is 3. The Hall–Kier alpha value is -1.89. The summed E-state index contributed by atoms with van der Waals surface area (Å²) in [4.78, 5) is 45.3. The third-order valence-corrected chi connectivity index (χ3v) is 2.98. The van der Waals surface area contributed by atoms with Crippen LogP contribution in [0.3, 0.4) is 0 Å². The number of nitrogens with two attached hydrogens (primary N) is 1. The summed E-state index contributed by atoms with van der Waals surface area (Å²) in [6.07, 6.45) is 0. The van der Waals surface area contributed by atoms with Gasteiger partial charge in [-0.05, 0) is 0 Å². The molecule has 0 saturated heterocycles. The molecule has 0 aromatic rings. The van der Waals surface area contributed by atoms with Crippen LogP contribution in [0.1, 0.15) is 0 Å². The Bertz CT molecular complexity index is 448. The number of thiol groups is 1. The number of nitrogens with one attached hydrogen (secondary N) is 3. The van der Waals surface area contributed by atoms with Crippen LogP contribution in [0, 0.1) is 0 Å². The first-order valence-electron chi connectivity index (χ1n) is 6.45. The highest BCUT2D eigenvalue weighted by Crippen LogP contribution is 1.89. The first kappa shape index (κ1) is 21.1. The van der Waals surface area contributed by atoms with Gasteiger partial charge in [-0.15, -0.1) is 0 Å². The Morgan fingerprint density at radius 3 is 2.00 bits per heavy atom. The van der Waals surface area contributed by atoms with Crippen LogP contribution in [0.15, 0.2) is 0 Å². The molecule has 8 N–H and O–H groups in total. The zero-order valence-electron chi connectivity index (χ0n) is 12.1. The van der Waals surface area contributed by atoms with Crippen molar-refractivity contribution in [1.29, 1.82) is 0 Å². The number of carbonyl (C=O) groups is 4. The topological polar surface area (TPSA) is 191 Å². The fourth-order valence-electron chi connectivity index (χ4n) is 1.28. The van der Waals surface area contributed by atoms with E-state index in [2.05, 4.69) is 23.3 Å². The van der Waals surface area contributed by atoms with E-state index in [4.69, 9.17) is 21.1 Å². The number of hydrogen-bond donors (Lipinski definition) is 8. The second-order valence-corrected chi connectivity index (χ2v) is 4.76. The zero-order valence-corrected chi connectivity index (χ0v) is 13.0. The average Bonchev–Trinajstić information content (AvgIpc) is 2.53. The largest absolute Gasteiger partial charge is 0.480 e. The third kappa shape index (κ3) is 7.78. The van der Waals surface area contributed by atoms with Crippen molar-refractivity contribution >= 4 is 36.3 Å². The Kier molecular flexibility index (Phi) is 9.89. The van der Waals surface area contributed by atoms with E-state index < -0.39 is 61.6 Å². The highest BCUT2D eigenvalue weighted by atomic mass is 32.1. The van der Waals surface area contributed by atoms with Gasteiger partial charge in [0.05, 0.1) is 25.8 Å². The van der Waals surface area contributed by atoms with Gasteiger partial charge in [0.1, 0.15) is 12.1 Å². The minimum Gasteiger partial charge on any atom is -0.480 e. The summed E-state index contributed by atoms with van der Waals surface area (Å²) in [5, 5.41) is 32.8. The first-order valence-corrected chi connectivity index (χ1v) is 7.08. The summed E-state index contributed by atoms with van der Waals surface area (Å²) in [7, 11) is 0. The molecule has 0 bridgehead atoms. The van der Waals surface area contributed by atoms with Crippen molar-refractivity contribution in [3.63, 3.8) is 0 Å². The molecule has 132 valence electrons. The number of aliphatic carboxylic acids is 1. The molecule has 0 spiro atoms. The van der Waals surface area contributed by atoms with Gasteiger partial charge in [0, 0.05) is 5.75 Å². The minimum absolute atomic E-state index is 0.0762. The van der Waals surface area contributed by atoms with Crippen LogP contribution in [0.2, 0.25) is 0 Å². The lowest BCUT2D eigenvalue weighted by molar-refractivity contribution is -0.143. The van der Waals surface area contributed by atoms with Crippen LogP contribution in [0.5, 0.6) is 0 Å². The molecule has 0 saturated carbocycles. The van der Waals surface area contributed by atoms with Crippen LogP contribution >= 0.6 is 12.6 Å². The summed E-state index contributed by atoms with van der Waals surface area (Å²) < 4.78 is 0. The molecule has 3 atom stereocenters. The van der Waals surface area contributed by atoms with E-state index in [0.717, 1.165) is 0 Å². The predicted octanol–water partition coefficient (Wildman–Crippen LogP) is -4.60. The highest BCUT2D eigenvalue weighted by molar-refractivity contribution is 7.80. The molecule has 0 rings (SSSR count). The molecule has 3 amide bonds. The van der Waals surface area contributed by atoms with Crippen LogP contribution in [0.4, 0.5) is 0 Å². The van der Waals surface area contributed by atoms with Gasteiger partial charge in [-0.2, -0.15) is 12.6 Å². The number of carboxylic acids is 1. The average molecular weight is 352 g/mol. The predicted molar refractivity (Wildman–Crippen MR) is 80.5 cm³/mol. The number of hydrogen-bond acceptors (Lipinski definition) is 8. The van der Waals surface area contributed by atoms with Crippen molar-refractivity contribution in [3.8, 4) is 0 Å². The molecule has 0 fully saturated rings. The molecular weight excluding hydrogens is 332 g/mol. The first-order chi connectivity index (χ1) is 10.8. The fourth-order valence-corrected chi connectivity index (χ4v) is 1.44. The van der Waals surface area contributed by atoms with Gasteiger partial charge in [0.15, 0.2) is 0 Å². The van der Waals surface area contributed by atoms with Gasteiger partial charge in [-0.25, -0.2) is 4.79 Å². The maximum atomic E-state index is 11.7. The van der Waals surface area contributed by atoms with E-state index in [1.54, 1.807) is 0 Å². The number of carbonyl (C=O) groups excluding carboxylic acids is 3. The normalized spacial score (nSPS) is 14.3. The lowest BCUT2D eigenvalue weighted by Crippen LogP contribution is -2.55. The van der Waals surface area contributed by atoms with Gasteiger partial charge >= 0.3 is 5.97 Å². The summed E-state index contributed by atoms with van der Waals surface area (Å²) >= 11 is 3.81. The van der Waals surface area contributed by atoms with Crippen LogP contribution in [-0.4, -0.2) is 82.6 Å². The van der Waals surface area contributed by atoms with Crippen LogP contribution in [-0.2, 0) is 19.2 Å². The van der Waals surface area contributed by atoms with E-state index in [1.165, 1.54) is 0 Å².